The number of rotatable bonds is 11. The van der Waals surface area contributed by atoms with Crippen LogP contribution in [-0.2, 0) is 9.47 Å². The number of ether oxygens (including phenoxy) is 4. The second-order valence-corrected chi connectivity index (χ2v) is 6.23. The summed E-state index contributed by atoms with van der Waals surface area (Å²) in [6.07, 6.45) is 0.275. The third-order valence-corrected chi connectivity index (χ3v) is 3.85. The first-order valence-corrected chi connectivity index (χ1v) is 9.81. The summed E-state index contributed by atoms with van der Waals surface area (Å²) in [4.78, 5) is 24.4. The van der Waals surface area contributed by atoms with Crippen LogP contribution in [0, 0.1) is 0 Å². The lowest BCUT2D eigenvalue weighted by atomic mass is 10.1. The summed E-state index contributed by atoms with van der Waals surface area (Å²) in [6.45, 7) is 5.38. The number of nitrogens with one attached hydrogen (secondary N) is 2. The number of anilines is 2. The molecule has 0 radical (unpaired) electrons. The Kier molecular flexibility index (Phi) is 9.47. The molecule has 2 amide bonds. The number of benzene rings is 2. The fourth-order valence-electron chi connectivity index (χ4n) is 2.50. The maximum Gasteiger partial charge on any atom is 0.411 e. The van der Waals surface area contributed by atoms with E-state index < -0.39 is 6.09 Å². The molecule has 8 heteroatoms. The average molecular weight is 416 g/mol. The molecule has 162 valence electrons. The van der Waals surface area contributed by atoms with E-state index in [1.807, 2.05) is 13.8 Å². The Balaban J connectivity index is 2.04. The minimum Gasteiger partial charge on any atom is -0.490 e. The number of carbonyl (C=O) groups is 2. The maximum absolute atomic E-state index is 12.7. The normalized spacial score (nSPS) is 10.2. The standard InChI is InChI=1S/C22H28N2O6/c1-4-11-29-19-10-9-16(14-20(19)28-5-2)21(25)23-17-7-6-8-18(15-17)24-22(26)30-13-12-27-3/h6-10,14-15H,4-5,11-13H2,1-3H3,(H,23,25)(H,24,26). The first-order valence-electron chi connectivity index (χ1n) is 9.81. The van der Waals surface area contributed by atoms with Gasteiger partial charge >= 0.3 is 6.09 Å². The highest BCUT2D eigenvalue weighted by Crippen LogP contribution is 2.29. The van der Waals surface area contributed by atoms with E-state index in [2.05, 4.69) is 10.6 Å². The van der Waals surface area contributed by atoms with Gasteiger partial charge in [-0.3, -0.25) is 10.1 Å². The van der Waals surface area contributed by atoms with Gasteiger partial charge in [-0.1, -0.05) is 13.0 Å². The lowest BCUT2D eigenvalue weighted by Gasteiger charge is -2.13. The molecule has 0 heterocycles. The molecule has 0 aliphatic rings. The zero-order valence-corrected chi connectivity index (χ0v) is 17.5. The lowest BCUT2D eigenvalue weighted by molar-refractivity contribution is 0.102. The molecule has 0 aromatic heterocycles. The molecule has 0 bridgehead atoms. The van der Waals surface area contributed by atoms with E-state index in [9.17, 15) is 9.59 Å². The lowest BCUT2D eigenvalue weighted by Crippen LogP contribution is -2.17. The Morgan fingerprint density at radius 2 is 1.63 bits per heavy atom. The maximum atomic E-state index is 12.7. The molecule has 2 aromatic carbocycles. The monoisotopic (exact) mass is 416 g/mol. The molecule has 0 aliphatic carbocycles. The van der Waals surface area contributed by atoms with Crippen molar-refractivity contribution in [2.45, 2.75) is 20.3 Å². The number of methoxy groups -OCH3 is 1. The molecule has 2 rings (SSSR count). The second-order valence-electron chi connectivity index (χ2n) is 6.23. The molecule has 0 spiro atoms. The summed E-state index contributed by atoms with van der Waals surface area (Å²) in [6, 6.07) is 11.8. The molecule has 8 nitrogen and oxygen atoms in total. The van der Waals surface area contributed by atoms with Gasteiger partial charge in [-0.05, 0) is 49.7 Å². The van der Waals surface area contributed by atoms with E-state index >= 15 is 0 Å². The third-order valence-electron chi connectivity index (χ3n) is 3.85. The molecule has 2 aromatic rings. The summed E-state index contributed by atoms with van der Waals surface area (Å²) >= 11 is 0. The SMILES string of the molecule is CCCOc1ccc(C(=O)Nc2cccc(NC(=O)OCCOC)c2)cc1OCC. The average Bonchev–Trinajstić information content (AvgIpc) is 2.73. The van der Waals surface area contributed by atoms with Gasteiger partial charge in [0.05, 0.1) is 19.8 Å². The van der Waals surface area contributed by atoms with Crippen LogP contribution in [0.3, 0.4) is 0 Å². The van der Waals surface area contributed by atoms with Gasteiger partial charge in [0.15, 0.2) is 11.5 Å². The van der Waals surface area contributed by atoms with Gasteiger partial charge in [0.1, 0.15) is 6.61 Å². The van der Waals surface area contributed by atoms with Gasteiger partial charge in [0, 0.05) is 24.0 Å². The fraction of sp³-hybridized carbons (Fsp3) is 0.364. The Bertz CT molecular complexity index is 840. The van der Waals surface area contributed by atoms with Gasteiger partial charge in [0.2, 0.25) is 0 Å². The molecule has 0 aliphatic heterocycles. The first-order chi connectivity index (χ1) is 14.6. The molecular formula is C22H28N2O6. The van der Waals surface area contributed by atoms with Gasteiger partial charge in [0.25, 0.3) is 5.91 Å². The summed E-state index contributed by atoms with van der Waals surface area (Å²) in [5.41, 5.74) is 1.45. The molecular weight excluding hydrogens is 388 g/mol. The fourth-order valence-corrected chi connectivity index (χ4v) is 2.50. The van der Waals surface area contributed by atoms with Crippen LogP contribution in [0.25, 0.3) is 0 Å². The second kappa shape index (κ2) is 12.3. The van der Waals surface area contributed by atoms with Gasteiger partial charge in [-0.25, -0.2) is 4.79 Å². The van der Waals surface area contributed by atoms with Crippen LogP contribution >= 0.6 is 0 Å². The molecule has 0 unspecified atom stereocenters. The molecule has 0 atom stereocenters. The number of hydrogen-bond acceptors (Lipinski definition) is 6. The molecule has 30 heavy (non-hydrogen) atoms. The van der Waals surface area contributed by atoms with Crippen molar-refractivity contribution in [1.29, 1.82) is 0 Å². The first kappa shape index (κ1) is 23.0. The van der Waals surface area contributed by atoms with E-state index in [1.54, 1.807) is 42.5 Å². The van der Waals surface area contributed by atoms with Crippen LogP contribution in [0.15, 0.2) is 42.5 Å². The molecule has 0 saturated carbocycles. The summed E-state index contributed by atoms with van der Waals surface area (Å²) in [7, 11) is 1.52. The van der Waals surface area contributed by atoms with Crippen LogP contribution in [0.1, 0.15) is 30.6 Å². The third kappa shape index (κ3) is 7.29. The molecule has 0 saturated heterocycles. The van der Waals surface area contributed by atoms with E-state index in [4.69, 9.17) is 18.9 Å². The Morgan fingerprint density at radius 3 is 2.33 bits per heavy atom. The van der Waals surface area contributed by atoms with Crippen LogP contribution in [0.2, 0.25) is 0 Å². The summed E-state index contributed by atoms with van der Waals surface area (Å²) < 4.78 is 21.1. The van der Waals surface area contributed by atoms with Crippen LogP contribution in [-0.4, -0.2) is 45.5 Å². The predicted molar refractivity (Wildman–Crippen MR) is 115 cm³/mol. The van der Waals surface area contributed by atoms with E-state index in [1.165, 1.54) is 7.11 Å². The van der Waals surface area contributed by atoms with Gasteiger partial charge < -0.3 is 24.3 Å². The van der Waals surface area contributed by atoms with Crippen molar-refractivity contribution in [3.63, 3.8) is 0 Å². The van der Waals surface area contributed by atoms with E-state index in [0.29, 0.717) is 48.3 Å². The van der Waals surface area contributed by atoms with E-state index in [0.717, 1.165) is 6.42 Å². The molecule has 2 N–H and O–H groups in total. The Morgan fingerprint density at radius 1 is 0.867 bits per heavy atom. The highest BCUT2D eigenvalue weighted by Gasteiger charge is 2.12. The number of carbonyl (C=O) groups excluding carboxylic acids is 2. The van der Waals surface area contributed by atoms with Gasteiger partial charge in [-0.15, -0.1) is 0 Å². The minimum absolute atomic E-state index is 0.152. The van der Waals surface area contributed by atoms with E-state index in [-0.39, 0.29) is 12.5 Å². The topological polar surface area (TPSA) is 95.1 Å². The minimum atomic E-state index is -0.598. The zero-order valence-electron chi connectivity index (χ0n) is 17.5. The predicted octanol–water partition coefficient (Wildman–Crippen LogP) is 4.32. The highest BCUT2D eigenvalue weighted by atomic mass is 16.6. The zero-order chi connectivity index (χ0) is 21.8. The van der Waals surface area contributed by atoms with Crippen LogP contribution in [0.5, 0.6) is 11.5 Å². The largest absolute Gasteiger partial charge is 0.490 e. The summed E-state index contributed by atoms with van der Waals surface area (Å²) in [5, 5.41) is 5.41. The molecule has 0 fully saturated rings. The van der Waals surface area contributed by atoms with Crippen molar-refractivity contribution < 1.29 is 28.5 Å². The van der Waals surface area contributed by atoms with Crippen molar-refractivity contribution in [2.24, 2.45) is 0 Å². The van der Waals surface area contributed by atoms with Crippen LogP contribution < -0.4 is 20.1 Å². The smallest absolute Gasteiger partial charge is 0.411 e. The van der Waals surface area contributed by atoms with Crippen molar-refractivity contribution in [1.82, 2.24) is 0 Å². The quantitative estimate of drug-likeness (QED) is 0.530. The van der Waals surface area contributed by atoms with Crippen molar-refractivity contribution in [3.8, 4) is 11.5 Å². The Hall–Kier alpha value is -3.26. The highest BCUT2D eigenvalue weighted by molar-refractivity contribution is 6.05. The number of hydrogen-bond donors (Lipinski definition) is 2. The summed E-state index contributed by atoms with van der Waals surface area (Å²) in [5.74, 6) is 0.819. The van der Waals surface area contributed by atoms with Crippen LogP contribution in [0.4, 0.5) is 16.2 Å². The number of amides is 2. The van der Waals surface area contributed by atoms with Gasteiger partial charge in [-0.2, -0.15) is 0 Å². The van der Waals surface area contributed by atoms with Crippen molar-refractivity contribution in [3.05, 3.63) is 48.0 Å². The Labute approximate surface area is 176 Å². The van der Waals surface area contributed by atoms with Crippen molar-refractivity contribution in [2.75, 3.05) is 44.2 Å². The van der Waals surface area contributed by atoms with Crippen molar-refractivity contribution >= 4 is 23.4 Å².